The molecule has 0 bridgehead atoms. The van der Waals surface area contributed by atoms with Gasteiger partial charge in [0.15, 0.2) is 5.65 Å². The molecule has 3 heterocycles. The first-order valence-corrected chi connectivity index (χ1v) is 11.3. The Hall–Kier alpha value is -3.69. The van der Waals surface area contributed by atoms with Crippen LogP contribution >= 0.6 is 11.6 Å². The lowest BCUT2D eigenvalue weighted by molar-refractivity contribution is -0.0299. The third kappa shape index (κ3) is 4.04. The van der Waals surface area contributed by atoms with Crippen LogP contribution in [0, 0.1) is 0 Å². The summed E-state index contributed by atoms with van der Waals surface area (Å²) in [5.41, 5.74) is 6.49. The Morgan fingerprint density at radius 3 is 2.62 bits per heavy atom. The van der Waals surface area contributed by atoms with Crippen LogP contribution in [0.4, 0.5) is 5.69 Å². The third-order valence-corrected chi connectivity index (χ3v) is 6.48. The Kier molecular flexibility index (Phi) is 5.59. The molecule has 0 spiro atoms. The maximum Gasteiger partial charge on any atom is 0.264 e. The third-order valence-electron chi connectivity index (χ3n) is 6.25. The fraction of sp³-hybridized carbons (Fsp3) is 0.250. The van der Waals surface area contributed by atoms with Crippen molar-refractivity contribution in [3.8, 4) is 5.69 Å². The lowest BCUT2D eigenvalue weighted by atomic mass is 9.90. The highest BCUT2D eigenvalue weighted by atomic mass is 35.5. The van der Waals surface area contributed by atoms with Gasteiger partial charge in [-0.3, -0.25) is 14.2 Å². The van der Waals surface area contributed by atoms with Crippen LogP contribution in [0.5, 0.6) is 0 Å². The van der Waals surface area contributed by atoms with E-state index in [2.05, 4.69) is 10.1 Å². The van der Waals surface area contributed by atoms with Crippen LogP contribution in [0.15, 0.2) is 65.8 Å². The first-order chi connectivity index (χ1) is 16.3. The number of likely N-dealkylation sites (tertiary alicyclic amines) is 1. The minimum atomic E-state index is -1.15. The van der Waals surface area contributed by atoms with E-state index in [1.54, 1.807) is 27.8 Å². The number of benzene rings is 2. The standard InChI is InChI=1S/C24H23ClN6O3/c25-16-6-7-20(26)18(12-16)22(32)29-10-8-24(34,9-11-29)14-30-15-27-21-19(23(30)33)13-28-31(21)17-4-2-1-3-5-17/h1-7,12-13,15,34H,8-11,14,26H2. The zero-order valence-corrected chi connectivity index (χ0v) is 19.0. The first kappa shape index (κ1) is 22.1. The fourth-order valence-corrected chi connectivity index (χ4v) is 4.48. The molecule has 1 fully saturated rings. The van der Waals surface area contributed by atoms with Gasteiger partial charge in [-0.1, -0.05) is 29.8 Å². The number of carbonyl (C=O) groups excluding carboxylic acids is 1. The van der Waals surface area contributed by atoms with Gasteiger partial charge in [-0.15, -0.1) is 0 Å². The summed E-state index contributed by atoms with van der Waals surface area (Å²) in [6.07, 6.45) is 3.56. The van der Waals surface area contributed by atoms with Crippen molar-refractivity contribution < 1.29 is 9.90 Å². The number of nitrogen functional groups attached to an aromatic ring is 1. The topological polar surface area (TPSA) is 119 Å². The molecule has 0 atom stereocenters. The summed E-state index contributed by atoms with van der Waals surface area (Å²) in [6.45, 7) is 0.738. The van der Waals surface area contributed by atoms with Crippen LogP contribution in [0.25, 0.3) is 16.7 Å². The molecule has 2 aromatic carbocycles. The Morgan fingerprint density at radius 1 is 1.15 bits per heavy atom. The average Bonchev–Trinajstić information content (AvgIpc) is 3.28. The Morgan fingerprint density at radius 2 is 1.88 bits per heavy atom. The molecule has 1 saturated heterocycles. The Labute approximate surface area is 200 Å². The number of nitrogens with zero attached hydrogens (tertiary/aromatic N) is 5. The van der Waals surface area contributed by atoms with Crippen molar-refractivity contribution in [3.05, 3.63) is 82.0 Å². The molecule has 0 radical (unpaired) electrons. The van der Waals surface area contributed by atoms with Gasteiger partial charge in [0.1, 0.15) is 11.7 Å². The van der Waals surface area contributed by atoms with Crippen molar-refractivity contribution in [1.82, 2.24) is 24.2 Å². The molecule has 5 rings (SSSR count). The second kappa shape index (κ2) is 8.58. The maximum atomic E-state index is 13.1. The van der Waals surface area contributed by atoms with Crippen LogP contribution in [-0.4, -0.2) is 53.9 Å². The van der Waals surface area contributed by atoms with E-state index in [-0.39, 0.29) is 18.0 Å². The summed E-state index contributed by atoms with van der Waals surface area (Å²) in [6, 6.07) is 14.2. The van der Waals surface area contributed by atoms with E-state index in [0.29, 0.717) is 53.2 Å². The summed E-state index contributed by atoms with van der Waals surface area (Å²) in [5.74, 6) is -0.226. The lowest BCUT2D eigenvalue weighted by Crippen LogP contribution is -2.49. The van der Waals surface area contributed by atoms with Crippen LogP contribution in [-0.2, 0) is 6.54 Å². The summed E-state index contributed by atoms with van der Waals surface area (Å²) in [7, 11) is 0. The molecule has 0 saturated carbocycles. The van der Waals surface area contributed by atoms with Crippen LogP contribution in [0.2, 0.25) is 5.02 Å². The molecule has 1 amide bonds. The number of hydrogen-bond acceptors (Lipinski definition) is 6. The highest BCUT2D eigenvalue weighted by Crippen LogP contribution is 2.27. The number of aromatic nitrogens is 4. The number of aliphatic hydroxyl groups is 1. The number of piperidine rings is 1. The van der Waals surface area contributed by atoms with E-state index in [9.17, 15) is 14.7 Å². The fourth-order valence-electron chi connectivity index (χ4n) is 4.30. The molecule has 9 nitrogen and oxygen atoms in total. The minimum Gasteiger partial charge on any atom is -0.398 e. The van der Waals surface area contributed by atoms with Crippen LogP contribution < -0.4 is 11.3 Å². The molecule has 10 heteroatoms. The summed E-state index contributed by atoms with van der Waals surface area (Å²) >= 11 is 6.02. The van der Waals surface area contributed by atoms with Gasteiger partial charge in [-0.2, -0.15) is 5.10 Å². The van der Waals surface area contributed by atoms with Gasteiger partial charge in [0.05, 0.1) is 29.6 Å². The van der Waals surface area contributed by atoms with Gasteiger partial charge in [-0.25, -0.2) is 9.67 Å². The molecule has 4 aromatic rings. The van der Waals surface area contributed by atoms with Crippen molar-refractivity contribution >= 4 is 34.2 Å². The maximum absolute atomic E-state index is 13.1. The highest BCUT2D eigenvalue weighted by Gasteiger charge is 2.35. The lowest BCUT2D eigenvalue weighted by Gasteiger charge is -2.38. The molecule has 0 aliphatic carbocycles. The normalized spacial score (nSPS) is 15.5. The SMILES string of the molecule is Nc1ccc(Cl)cc1C(=O)N1CCC(O)(Cn2cnc3c(cnn3-c3ccccc3)c2=O)CC1. The summed E-state index contributed by atoms with van der Waals surface area (Å²) < 4.78 is 3.02. The van der Waals surface area contributed by atoms with Crippen molar-refractivity contribution in [3.63, 3.8) is 0 Å². The van der Waals surface area contributed by atoms with Crippen molar-refractivity contribution in [2.24, 2.45) is 0 Å². The largest absolute Gasteiger partial charge is 0.398 e. The van der Waals surface area contributed by atoms with Gasteiger partial charge in [0, 0.05) is 23.8 Å². The van der Waals surface area contributed by atoms with Crippen LogP contribution in [0.3, 0.4) is 0 Å². The quantitative estimate of drug-likeness (QED) is 0.435. The molecule has 2 aromatic heterocycles. The van der Waals surface area contributed by atoms with Gasteiger partial charge >= 0.3 is 0 Å². The minimum absolute atomic E-state index is 0.0760. The molecule has 1 aliphatic heterocycles. The number of rotatable bonds is 4. The van der Waals surface area contributed by atoms with Crippen molar-refractivity contribution in [2.75, 3.05) is 18.8 Å². The van der Waals surface area contributed by atoms with E-state index >= 15 is 0 Å². The predicted octanol–water partition coefficient (Wildman–Crippen LogP) is 2.49. The first-order valence-electron chi connectivity index (χ1n) is 10.9. The zero-order valence-electron chi connectivity index (χ0n) is 18.3. The summed E-state index contributed by atoms with van der Waals surface area (Å²) in [5, 5.41) is 16.3. The molecule has 1 aliphatic rings. The summed E-state index contributed by atoms with van der Waals surface area (Å²) in [4.78, 5) is 32.1. The molecule has 3 N–H and O–H groups in total. The number of nitrogens with two attached hydrogens (primary N) is 1. The number of anilines is 1. The van der Waals surface area contributed by atoms with E-state index in [1.807, 2.05) is 30.3 Å². The number of hydrogen-bond donors (Lipinski definition) is 2. The monoisotopic (exact) mass is 478 g/mol. The van der Waals surface area contributed by atoms with E-state index < -0.39 is 5.60 Å². The molecule has 0 unspecified atom stereocenters. The van der Waals surface area contributed by atoms with Crippen molar-refractivity contribution in [1.29, 1.82) is 0 Å². The van der Waals surface area contributed by atoms with Gasteiger partial charge in [-0.05, 0) is 43.2 Å². The van der Waals surface area contributed by atoms with E-state index in [0.717, 1.165) is 5.69 Å². The van der Waals surface area contributed by atoms with Gasteiger partial charge in [0.25, 0.3) is 11.5 Å². The van der Waals surface area contributed by atoms with E-state index in [4.69, 9.17) is 17.3 Å². The second-order valence-electron chi connectivity index (χ2n) is 8.55. The average molecular weight is 479 g/mol. The molecular formula is C24H23ClN6O3. The Bertz CT molecular complexity index is 1420. The molecule has 34 heavy (non-hydrogen) atoms. The highest BCUT2D eigenvalue weighted by molar-refractivity contribution is 6.31. The number of para-hydroxylation sites is 1. The predicted molar refractivity (Wildman–Crippen MR) is 129 cm³/mol. The van der Waals surface area contributed by atoms with E-state index in [1.165, 1.54) is 17.1 Å². The second-order valence-corrected chi connectivity index (χ2v) is 8.99. The van der Waals surface area contributed by atoms with Gasteiger partial charge in [0.2, 0.25) is 0 Å². The number of fused-ring (bicyclic) bond motifs is 1. The Balaban J connectivity index is 1.33. The molecule has 174 valence electrons. The molecular weight excluding hydrogens is 456 g/mol. The number of amides is 1. The van der Waals surface area contributed by atoms with Gasteiger partial charge < -0.3 is 15.7 Å². The number of halogens is 1. The smallest absolute Gasteiger partial charge is 0.264 e. The van der Waals surface area contributed by atoms with Crippen molar-refractivity contribution in [2.45, 2.75) is 25.0 Å². The van der Waals surface area contributed by atoms with Crippen LogP contribution in [0.1, 0.15) is 23.2 Å². The number of carbonyl (C=O) groups is 1. The zero-order chi connectivity index (χ0) is 23.9.